The zero-order valence-electron chi connectivity index (χ0n) is 15.9. The van der Waals surface area contributed by atoms with Gasteiger partial charge in [-0.2, -0.15) is 0 Å². The fraction of sp³-hybridized carbons (Fsp3) is 0.350. The third kappa shape index (κ3) is 4.01. The Bertz CT molecular complexity index is 1100. The van der Waals surface area contributed by atoms with E-state index in [1.807, 2.05) is 0 Å². The molecule has 0 saturated carbocycles. The number of methoxy groups -OCH3 is 1. The molecule has 1 saturated heterocycles. The molecule has 9 heteroatoms. The van der Waals surface area contributed by atoms with Crippen LogP contribution in [0.2, 0.25) is 0 Å². The van der Waals surface area contributed by atoms with Crippen LogP contribution < -0.4 is 10.3 Å². The van der Waals surface area contributed by atoms with Gasteiger partial charge >= 0.3 is 5.97 Å². The average molecular weight is 417 g/mol. The van der Waals surface area contributed by atoms with Crippen LogP contribution in [-0.2, 0) is 4.74 Å². The van der Waals surface area contributed by atoms with Gasteiger partial charge in [0.15, 0.2) is 11.6 Å². The van der Waals surface area contributed by atoms with Gasteiger partial charge in [0.05, 0.1) is 18.3 Å². The maximum Gasteiger partial charge on any atom is 0.348 e. The second-order valence-electron chi connectivity index (χ2n) is 6.75. The molecule has 0 unspecified atom stereocenters. The number of hydrogen-bond donors (Lipinski definition) is 0. The minimum atomic E-state index is -0.544. The number of likely N-dealkylation sites (tertiary alicyclic amines) is 1. The maximum absolute atomic E-state index is 14.5. The van der Waals surface area contributed by atoms with Gasteiger partial charge in [-0.3, -0.25) is 14.3 Å². The quantitative estimate of drug-likeness (QED) is 0.575. The van der Waals surface area contributed by atoms with Crippen molar-refractivity contribution in [3.05, 3.63) is 51.6 Å². The molecule has 0 atom stereocenters. The molecule has 1 aliphatic rings. The molecule has 0 N–H and O–H groups in total. The highest BCUT2D eigenvalue weighted by Gasteiger charge is 2.16. The number of fused-ring (bicyclic) bond motifs is 1. The summed E-state index contributed by atoms with van der Waals surface area (Å²) in [7, 11) is 1.27. The summed E-state index contributed by atoms with van der Waals surface area (Å²) in [6, 6.07) is 5.88. The first-order valence-corrected chi connectivity index (χ1v) is 10.1. The Hall–Kier alpha value is -2.78. The maximum atomic E-state index is 14.5. The third-order valence-electron chi connectivity index (χ3n) is 4.88. The number of ether oxygens (including phenoxy) is 2. The molecule has 0 aliphatic carbocycles. The van der Waals surface area contributed by atoms with Crippen molar-refractivity contribution in [1.82, 2.24) is 14.5 Å². The van der Waals surface area contributed by atoms with Crippen LogP contribution in [0.15, 0.2) is 35.4 Å². The van der Waals surface area contributed by atoms with Crippen molar-refractivity contribution in [2.75, 3.05) is 33.4 Å². The van der Waals surface area contributed by atoms with E-state index in [1.165, 1.54) is 49.0 Å². The van der Waals surface area contributed by atoms with E-state index in [-0.39, 0.29) is 16.2 Å². The molecule has 0 spiro atoms. The lowest BCUT2D eigenvalue weighted by Gasteiger charge is -2.15. The highest BCUT2D eigenvalue weighted by Crippen LogP contribution is 2.24. The van der Waals surface area contributed by atoms with Crippen molar-refractivity contribution in [1.29, 1.82) is 0 Å². The van der Waals surface area contributed by atoms with E-state index in [0.29, 0.717) is 22.5 Å². The number of carbonyl (C=O) groups is 1. The normalized spacial score (nSPS) is 14.4. The SMILES string of the molecule is COC(=O)c1cc2ncn(-c3ccc(OCCN4CCCC4)c(F)c3)c(=O)c2s1. The smallest absolute Gasteiger partial charge is 0.348 e. The number of hydrogen-bond acceptors (Lipinski definition) is 7. The highest BCUT2D eigenvalue weighted by atomic mass is 32.1. The summed E-state index contributed by atoms with van der Waals surface area (Å²) >= 11 is 1.00. The number of halogens is 1. The Balaban J connectivity index is 1.55. The number of nitrogens with zero attached hydrogens (tertiary/aromatic N) is 3. The standard InChI is InChI=1S/C20H20FN3O4S/c1-27-20(26)17-11-15-18(29-17)19(25)24(12-22-15)13-4-5-16(14(21)10-13)28-9-8-23-6-2-3-7-23/h4-5,10-12H,2-3,6-9H2,1H3. The van der Waals surface area contributed by atoms with Crippen molar-refractivity contribution in [2.24, 2.45) is 0 Å². The van der Waals surface area contributed by atoms with Gasteiger partial charge in [-0.1, -0.05) is 0 Å². The van der Waals surface area contributed by atoms with Gasteiger partial charge in [0.25, 0.3) is 5.56 Å². The predicted molar refractivity (Wildman–Crippen MR) is 108 cm³/mol. The van der Waals surface area contributed by atoms with Gasteiger partial charge in [0, 0.05) is 12.6 Å². The summed E-state index contributed by atoms with van der Waals surface area (Å²) in [5, 5.41) is 0. The van der Waals surface area contributed by atoms with Gasteiger partial charge < -0.3 is 9.47 Å². The Morgan fingerprint density at radius 1 is 1.28 bits per heavy atom. The van der Waals surface area contributed by atoms with E-state index in [9.17, 15) is 14.0 Å². The summed E-state index contributed by atoms with van der Waals surface area (Å²) in [5.41, 5.74) is 0.359. The second-order valence-corrected chi connectivity index (χ2v) is 7.80. The number of benzene rings is 1. The van der Waals surface area contributed by atoms with Crippen molar-refractivity contribution >= 4 is 27.5 Å². The Morgan fingerprint density at radius 3 is 2.79 bits per heavy atom. The molecule has 3 heterocycles. The number of carbonyl (C=O) groups excluding carboxylic acids is 1. The third-order valence-corrected chi connectivity index (χ3v) is 5.97. The van der Waals surface area contributed by atoms with E-state index in [4.69, 9.17) is 4.74 Å². The largest absolute Gasteiger partial charge is 0.489 e. The minimum Gasteiger partial charge on any atom is -0.489 e. The first-order chi connectivity index (χ1) is 14.1. The van der Waals surface area contributed by atoms with Crippen LogP contribution in [0.4, 0.5) is 4.39 Å². The molecule has 1 aliphatic heterocycles. The van der Waals surface area contributed by atoms with Gasteiger partial charge in [-0.25, -0.2) is 14.2 Å². The van der Waals surface area contributed by atoms with Crippen molar-refractivity contribution in [3.8, 4) is 11.4 Å². The summed E-state index contributed by atoms with van der Waals surface area (Å²) < 4.78 is 26.3. The molecular weight excluding hydrogens is 397 g/mol. The monoisotopic (exact) mass is 417 g/mol. The molecule has 1 aromatic carbocycles. The van der Waals surface area contributed by atoms with E-state index >= 15 is 0 Å². The lowest BCUT2D eigenvalue weighted by Crippen LogP contribution is -2.25. The fourth-order valence-electron chi connectivity index (χ4n) is 3.34. The molecule has 4 rings (SSSR count). The summed E-state index contributed by atoms with van der Waals surface area (Å²) in [5.74, 6) is -0.920. The zero-order chi connectivity index (χ0) is 20.4. The molecule has 7 nitrogen and oxygen atoms in total. The van der Waals surface area contributed by atoms with Crippen LogP contribution in [-0.4, -0.2) is 53.8 Å². The number of aromatic nitrogens is 2. The fourth-order valence-corrected chi connectivity index (χ4v) is 4.30. The Kier molecular flexibility index (Phi) is 5.59. The van der Waals surface area contributed by atoms with Crippen LogP contribution in [0.1, 0.15) is 22.5 Å². The minimum absolute atomic E-state index is 0.152. The van der Waals surface area contributed by atoms with Gasteiger partial charge in [-0.05, 0) is 44.1 Å². The first kappa shape index (κ1) is 19.5. The molecule has 152 valence electrons. The van der Waals surface area contributed by atoms with E-state index < -0.39 is 11.8 Å². The van der Waals surface area contributed by atoms with Crippen LogP contribution in [0.5, 0.6) is 5.75 Å². The van der Waals surface area contributed by atoms with Gasteiger partial charge in [0.1, 0.15) is 22.5 Å². The molecule has 2 aromatic heterocycles. The summed E-state index contributed by atoms with van der Waals surface area (Å²) in [4.78, 5) is 31.3. The second kappa shape index (κ2) is 8.30. The molecule has 3 aromatic rings. The summed E-state index contributed by atoms with van der Waals surface area (Å²) in [6.45, 7) is 3.30. The van der Waals surface area contributed by atoms with Gasteiger partial charge in [0.2, 0.25) is 0 Å². The topological polar surface area (TPSA) is 73.7 Å². The predicted octanol–water partition coefficient (Wildman–Crippen LogP) is 2.85. The van der Waals surface area contributed by atoms with E-state index in [0.717, 1.165) is 31.0 Å². The summed E-state index contributed by atoms with van der Waals surface area (Å²) in [6.07, 6.45) is 3.71. The van der Waals surface area contributed by atoms with Crippen molar-refractivity contribution in [3.63, 3.8) is 0 Å². The van der Waals surface area contributed by atoms with E-state index in [1.54, 1.807) is 6.07 Å². The van der Waals surface area contributed by atoms with Gasteiger partial charge in [-0.15, -0.1) is 11.3 Å². The molecule has 0 amide bonds. The van der Waals surface area contributed by atoms with Crippen LogP contribution in [0.25, 0.3) is 15.9 Å². The van der Waals surface area contributed by atoms with Crippen molar-refractivity contribution in [2.45, 2.75) is 12.8 Å². The lowest BCUT2D eigenvalue weighted by atomic mass is 10.3. The number of rotatable bonds is 6. The lowest BCUT2D eigenvalue weighted by molar-refractivity contribution is 0.0606. The highest BCUT2D eigenvalue weighted by molar-refractivity contribution is 7.20. The van der Waals surface area contributed by atoms with Crippen molar-refractivity contribution < 1.29 is 18.7 Å². The molecule has 29 heavy (non-hydrogen) atoms. The Morgan fingerprint density at radius 2 is 2.07 bits per heavy atom. The molecule has 0 radical (unpaired) electrons. The van der Waals surface area contributed by atoms with Crippen LogP contribution in [0.3, 0.4) is 0 Å². The van der Waals surface area contributed by atoms with Crippen LogP contribution in [0, 0.1) is 5.82 Å². The molecular formula is C20H20FN3O4S. The van der Waals surface area contributed by atoms with E-state index in [2.05, 4.69) is 14.6 Å². The zero-order valence-corrected chi connectivity index (χ0v) is 16.7. The first-order valence-electron chi connectivity index (χ1n) is 9.31. The molecule has 0 bridgehead atoms. The Labute approximate surface area is 170 Å². The molecule has 1 fully saturated rings. The number of esters is 1. The average Bonchev–Trinajstić information content (AvgIpc) is 3.39. The number of thiophene rings is 1. The van der Waals surface area contributed by atoms with Crippen LogP contribution >= 0.6 is 11.3 Å².